The lowest BCUT2D eigenvalue weighted by atomic mass is 10.1. The Labute approximate surface area is 125 Å². The molecule has 4 heteroatoms. The van der Waals surface area contributed by atoms with Crippen molar-refractivity contribution in [3.8, 4) is 0 Å². The summed E-state index contributed by atoms with van der Waals surface area (Å²) in [7, 11) is 0. The zero-order valence-electron chi connectivity index (χ0n) is 11.9. The number of hydrogen-bond donors (Lipinski definition) is 0. The molecule has 0 aliphatic carbocycles. The normalized spacial score (nSPS) is 11.2. The van der Waals surface area contributed by atoms with Crippen LogP contribution in [0.25, 0.3) is 0 Å². The number of benzene rings is 1. The van der Waals surface area contributed by atoms with Crippen LogP contribution in [0.4, 0.5) is 0 Å². The summed E-state index contributed by atoms with van der Waals surface area (Å²) in [4.78, 5) is 14.1. The van der Waals surface area contributed by atoms with Crippen LogP contribution >= 0.6 is 23.2 Å². The molecule has 0 bridgehead atoms. The summed E-state index contributed by atoms with van der Waals surface area (Å²) < 4.78 is 0. The van der Waals surface area contributed by atoms with Crippen molar-refractivity contribution in [2.45, 2.75) is 52.6 Å². The molecule has 0 aliphatic heterocycles. The number of aryl methyl sites for hydroxylation is 1. The molecule has 0 saturated carbocycles. The van der Waals surface area contributed by atoms with E-state index in [1.807, 2.05) is 38.7 Å². The Bertz CT molecular complexity index is 436. The van der Waals surface area contributed by atoms with Crippen molar-refractivity contribution in [3.63, 3.8) is 0 Å². The van der Waals surface area contributed by atoms with Gasteiger partial charge in [0.25, 0.3) is 0 Å². The molecule has 0 heterocycles. The van der Waals surface area contributed by atoms with Crippen LogP contribution in [0.5, 0.6) is 0 Å². The van der Waals surface area contributed by atoms with E-state index in [0.717, 1.165) is 5.56 Å². The van der Waals surface area contributed by atoms with Crippen molar-refractivity contribution in [2.75, 3.05) is 0 Å². The number of halogens is 2. The van der Waals surface area contributed by atoms with Gasteiger partial charge in [0.1, 0.15) is 0 Å². The van der Waals surface area contributed by atoms with Crippen molar-refractivity contribution < 1.29 is 4.79 Å². The van der Waals surface area contributed by atoms with Gasteiger partial charge >= 0.3 is 0 Å². The Kier molecular flexibility index (Phi) is 6.15. The Morgan fingerprint density at radius 2 is 1.74 bits per heavy atom. The molecule has 0 N–H and O–H groups in total. The molecular weight excluding hydrogens is 281 g/mol. The standard InChI is InChI=1S/C15H21Cl2NO/c1-10(2)18(11(3)4)15(19)8-6-12-5-7-13(16)9-14(12)17/h5,7,9-11H,6,8H2,1-4H3. The van der Waals surface area contributed by atoms with Gasteiger partial charge in [-0.2, -0.15) is 0 Å². The average Bonchev–Trinajstić information content (AvgIpc) is 2.26. The van der Waals surface area contributed by atoms with Gasteiger partial charge in [0.15, 0.2) is 0 Å². The molecule has 0 atom stereocenters. The fourth-order valence-corrected chi connectivity index (χ4v) is 2.77. The molecule has 1 amide bonds. The zero-order valence-corrected chi connectivity index (χ0v) is 13.4. The number of rotatable bonds is 5. The van der Waals surface area contributed by atoms with Gasteiger partial charge in [-0.1, -0.05) is 29.3 Å². The van der Waals surface area contributed by atoms with Gasteiger partial charge in [0.2, 0.25) is 5.91 Å². The second-order valence-corrected chi connectivity index (χ2v) is 6.07. The average molecular weight is 302 g/mol. The molecule has 106 valence electrons. The smallest absolute Gasteiger partial charge is 0.223 e. The van der Waals surface area contributed by atoms with Crippen LogP contribution in [0.3, 0.4) is 0 Å². The Balaban J connectivity index is 2.67. The minimum atomic E-state index is 0.163. The van der Waals surface area contributed by atoms with Crippen molar-refractivity contribution in [3.05, 3.63) is 33.8 Å². The summed E-state index contributed by atoms with van der Waals surface area (Å²) >= 11 is 12.0. The van der Waals surface area contributed by atoms with Crippen LogP contribution in [-0.4, -0.2) is 22.9 Å². The van der Waals surface area contributed by atoms with E-state index in [1.54, 1.807) is 12.1 Å². The molecular formula is C15H21Cl2NO. The van der Waals surface area contributed by atoms with Gasteiger partial charge < -0.3 is 4.90 Å². The maximum absolute atomic E-state index is 12.2. The van der Waals surface area contributed by atoms with Crippen molar-refractivity contribution in [1.29, 1.82) is 0 Å². The second-order valence-electron chi connectivity index (χ2n) is 5.22. The van der Waals surface area contributed by atoms with Crippen LogP contribution in [0.1, 0.15) is 39.7 Å². The van der Waals surface area contributed by atoms with E-state index in [0.29, 0.717) is 22.9 Å². The SMILES string of the molecule is CC(C)N(C(=O)CCc1ccc(Cl)cc1Cl)C(C)C. The van der Waals surface area contributed by atoms with Crippen LogP contribution in [0.2, 0.25) is 10.0 Å². The lowest BCUT2D eigenvalue weighted by molar-refractivity contribution is -0.134. The summed E-state index contributed by atoms with van der Waals surface area (Å²) in [5, 5.41) is 1.24. The maximum Gasteiger partial charge on any atom is 0.223 e. The number of amides is 1. The third kappa shape index (κ3) is 4.70. The molecule has 0 saturated heterocycles. The van der Waals surface area contributed by atoms with Gasteiger partial charge in [-0.05, 0) is 51.8 Å². The summed E-state index contributed by atoms with van der Waals surface area (Å²) in [5.41, 5.74) is 0.965. The molecule has 1 aromatic carbocycles. The van der Waals surface area contributed by atoms with Gasteiger partial charge in [-0.15, -0.1) is 0 Å². The third-order valence-electron chi connectivity index (χ3n) is 3.02. The van der Waals surface area contributed by atoms with E-state index < -0.39 is 0 Å². The highest BCUT2D eigenvalue weighted by Gasteiger charge is 2.19. The van der Waals surface area contributed by atoms with Gasteiger partial charge in [0.05, 0.1) is 0 Å². The van der Waals surface area contributed by atoms with Crippen molar-refractivity contribution in [2.24, 2.45) is 0 Å². The van der Waals surface area contributed by atoms with E-state index in [-0.39, 0.29) is 18.0 Å². The summed E-state index contributed by atoms with van der Waals surface area (Å²) in [5.74, 6) is 0.163. The molecule has 0 unspecified atom stereocenters. The van der Waals surface area contributed by atoms with Crippen LogP contribution in [0.15, 0.2) is 18.2 Å². The minimum absolute atomic E-state index is 0.163. The van der Waals surface area contributed by atoms with E-state index in [1.165, 1.54) is 0 Å². The molecule has 0 radical (unpaired) electrons. The quantitative estimate of drug-likeness (QED) is 0.780. The van der Waals surface area contributed by atoms with E-state index >= 15 is 0 Å². The van der Waals surface area contributed by atoms with Gasteiger partial charge in [0, 0.05) is 28.5 Å². The molecule has 0 aliphatic rings. The van der Waals surface area contributed by atoms with Crippen LogP contribution in [0, 0.1) is 0 Å². The summed E-state index contributed by atoms with van der Waals surface area (Å²) in [6, 6.07) is 5.83. The predicted octanol–water partition coefficient (Wildman–Crippen LogP) is 4.57. The summed E-state index contributed by atoms with van der Waals surface area (Å²) in [6.45, 7) is 8.14. The van der Waals surface area contributed by atoms with Crippen LogP contribution < -0.4 is 0 Å². The summed E-state index contributed by atoms with van der Waals surface area (Å²) in [6.07, 6.45) is 1.11. The molecule has 0 fully saturated rings. The topological polar surface area (TPSA) is 20.3 Å². The third-order valence-corrected chi connectivity index (χ3v) is 3.61. The van der Waals surface area contributed by atoms with E-state index in [2.05, 4.69) is 0 Å². The zero-order chi connectivity index (χ0) is 14.6. The lowest BCUT2D eigenvalue weighted by Gasteiger charge is -2.31. The van der Waals surface area contributed by atoms with Crippen LogP contribution in [-0.2, 0) is 11.2 Å². The number of nitrogens with zero attached hydrogens (tertiary/aromatic N) is 1. The van der Waals surface area contributed by atoms with E-state index in [9.17, 15) is 4.79 Å². The first-order chi connectivity index (χ1) is 8.82. The number of carbonyl (C=O) groups excluding carboxylic acids is 1. The highest BCUT2D eigenvalue weighted by Crippen LogP contribution is 2.22. The van der Waals surface area contributed by atoms with Crippen molar-refractivity contribution >= 4 is 29.1 Å². The Morgan fingerprint density at radius 1 is 1.16 bits per heavy atom. The first kappa shape index (κ1) is 16.3. The highest BCUT2D eigenvalue weighted by molar-refractivity contribution is 6.35. The molecule has 1 rings (SSSR count). The Morgan fingerprint density at radius 3 is 2.21 bits per heavy atom. The fourth-order valence-electron chi connectivity index (χ4n) is 2.27. The number of carbonyl (C=O) groups is 1. The van der Waals surface area contributed by atoms with Gasteiger partial charge in [-0.25, -0.2) is 0 Å². The maximum atomic E-state index is 12.2. The Hall–Kier alpha value is -0.730. The highest BCUT2D eigenvalue weighted by atomic mass is 35.5. The molecule has 1 aromatic rings. The molecule has 0 aromatic heterocycles. The fraction of sp³-hybridized carbons (Fsp3) is 0.533. The largest absolute Gasteiger partial charge is 0.338 e. The number of hydrogen-bond acceptors (Lipinski definition) is 1. The second kappa shape index (κ2) is 7.16. The predicted molar refractivity (Wildman–Crippen MR) is 81.9 cm³/mol. The first-order valence-electron chi connectivity index (χ1n) is 6.58. The molecule has 19 heavy (non-hydrogen) atoms. The lowest BCUT2D eigenvalue weighted by Crippen LogP contribution is -2.42. The molecule has 0 spiro atoms. The monoisotopic (exact) mass is 301 g/mol. The molecule has 2 nitrogen and oxygen atoms in total. The van der Waals surface area contributed by atoms with E-state index in [4.69, 9.17) is 23.2 Å². The first-order valence-corrected chi connectivity index (χ1v) is 7.33. The van der Waals surface area contributed by atoms with Gasteiger partial charge in [-0.3, -0.25) is 4.79 Å². The minimum Gasteiger partial charge on any atom is -0.338 e. The van der Waals surface area contributed by atoms with Crippen molar-refractivity contribution in [1.82, 2.24) is 4.90 Å².